The maximum absolute atomic E-state index is 13.3. The van der Waals surface area contributed by atoms with E-state index in [4.69, 9.17) is 4.74 Å². The number of likely N-dealkylation sites (N-methyl/N-ethyl adjacent to an activating group) is 1. The summed E-state index contributed by atoms with van der Waals surface area (Å²) in [6.45, 7) is 1.51. The summed E-state index contributed by atoms with van der Waals surface area (Å²) in [5, 5.41) is 3.13. The van der Waals surface area contributed by atoms with Crippen LogP contribution in [0.3, 0.4) is 0 Å². The van der Waals surface area contributed by atoms with Crippen LogP contribution in [0.5, 0.6) is 0 Å². The molecular weight excluding hydrogens is 241 g/mol. The smallest absolute Gasteiger partial charge is 0.123 e. The lowest BCUT2D eigenvalue weighted by Crippen LogP contribution is -2.23. The van der Waals surface area contributed by atoms with Gasteiger partial charge in [0.1, 0.15) is 5.82 Å². The van der Waals surface area contributed by atoms with Gasteiger partial charge in [0.25, 0.3) is 0 Å². The standard InChI is InChI=1S/C16H24FNO/c1-18-11-16(14-8-5-9-15(17)10-14)19-12-13-6-3-2-4-7-13/h5,8-10,13,16,18H,2-4,6-7,11-12H2,1H3. The zero-order chi connectivity index (χ0) is 13.5. The molecule has 0 heterocycles. The third-order valence-corrected chi connectivity index (χ3v) is 3.87. The number of benzene rings is 1. The van der Waals surface area contributed by atoms with Gasteiger partial charge in [-0.15, -0.1) is 0 Å². The van der Waals surface area contributed by atoms with E-state index in [1.807, 2.05) is 13.1 Å². The third kappa shape index (κ3) is 4.59. The van der Waals surface area contributed by atoms with Crippen LogP contribution in [0.25, 0.3) is 0 Å². The molecule has 19 heavy (non-hydrogen) atoms. The Morgan fingerprint density at radius 2 is 2.11 bits per heavy atom. The average molecular weight is 265 g/mol. The summed E-state index contributed by atoms with van der Waals surface area (Å²) in [5.41, 5.74) is 0.921. The van der Waals surface area contributed by atoms with Gasteiger partial charge < -0.3 is 10.1 Å². The summed E-state index contributed by atoms with van der Waals surface area (Å²) in [4.78, 5) is 0. The lowest BCUT2D eigenvalue weighted by atomic mass is 9.90. The van der Waals surface area contributed by atoms with Crippen molar-refractivity contribution in [1.29, 1.82) is 0 Å². The molecule has 0 amide bonds. The van der Waals surface area contributed by atoms with Crippen LogP contribution < -0.4 is 5.32 Å². The Labute approximate surface area is 115 Å². The van der Waals surface area contributed by atoms with E-state index < -0.39 is 0 Å². The van der Waals surface area contributed by atoms with Crippen LogP contribution in [-0.4, -0.2) is 20.2 Å². The van der Waals surface area contributed by atoms with Crippen molar-refractivity contribution in [2.75, 3.05) is 20.2 Å². The van der Waals surface area contributed by atoms with Gasteiger partial charge in [-0.3, -0.25) is 0 Å². The molecule has 1 atom stereocenters. The molecule has 1 fully saturated rings. The SMILES string of the molecule is CNCC(OCC1CCCCC1)c1cccc(F)c1. The zero-order valence-electron chi connectivity index (χ0n) is 11.7. The fourth-order valence-corrected chi connectivity index (χ4v) is 2.77. The lowest BCUT2D eigenvalue weighted by Gasteiger charge is -2.25. The molecule has 0 saturated heterocycles. The number of rotatable bonds is 6. The van der Waals surface area contributed by atoms with Gasteiger partial charge in [0.15, 0.2) is 0 Å². The van der Waals surface area contributed by atoms with Gasteiger partial charge in [-0.2, -0.15) is 0 Å². The Hall–Kier alpha value is -0.930. The first-order valence-corrected chi connectivity index (χ1v) is 7.31. The number of hydrogen-bond donors (Lipinski definition) is 1. The van der Waals surface area contributed by atoms with Crippen molar-refractivity contribution >= 4 is 0 Å². The van der Waals surface area contributed by atoms with Crippen LogP contribution >= 0.6 is 0 Å². The van der Waals surface area contributed by atoms with Crippen molar-refractivity contribution in [3.8, 4) is 0 Å². The molecule has 1 N–H and O–H groups in total. The highest BCUT2D eigenvalue weighted by molar-refractivity contribution is 5.19. The van der Waals surface area contributed by atoms with E-state index in [1.165, 1.54) is 38.2 Å². The number of ether oxygens (including phenoxy) is 1. The van der Waals surface area contributed by atoms with Gasteiger partial charge in [0, 0.05) is 6.54 Å². The highest BCUT2D eigenvalue weighted by Gasteiger charge is 2.17. The molecule has 106 valence electrons. The highest BCUT2D eigenvalue weighted by atomic mass is 19.1. The molecule has 1 aliphatic carbocycles. The predicted octanol–water partition coefficient (Wildman–Crippen LogP) is 3.68. The van der Waals surface area contributed by atoms with Gasteiger partial charge in [0.05, 0.1) is 12.7 Å². The quantitative estimate of drug-likeness (QED) is 0.847. The van der Waals surface area contributed by atoms with E-state index in [1.54, 1.807) is 12.1 Å². The lowest BCUT2D eigenvalue weighted by molar-refractivity contribution is 0.0208. The van der Waals surface area contributed by atoms with E-state index in [0.29, 0.717) is 5.92 Å². The third-order valence-electron chi connectivity index (χ3n) is 3.87. The summed E-state index contributed by atoms with van der Waals surface area (Å²) in [5.74, 6) is 0.488. The van der Waals surface area contributed by atoms with Crippen molar-refractivity contribution in [1.82, 2.24) is 5.32 Å². The number of nitrogens with one attached hydrogen (secondary N) is 1. The van der Waals surface area contributed by atoms with Crippen molar-refractivity contribution in [2.24, 2.45) is 5.92 Å². The minimum atomic E-state index is -0.195. The topological polar surface area (TPSA) is 21.3 Å². The summed E-state index contributed by atoms with van der Waals surface area (Å²) < 4.78 is 19.3. The van der Waals surface area contributed by atoms with E-state index in [0.717, 1.165) is 18.7 Å². The van der Waals surface area contributed by atoms with E-state index in [9.17, 15) is 4.39 Å². The van der Waals surface area contributed by atoms with Crippen LogP contribution in [0.1, 0.15) is 43.8 Å². The summed E-state index contributed by atoms with van der Waals surface area (Å²) in [6, 6.07) is 6.73. The first kappa shape index (κ1) is 14.5. The Morgan fingerprint density at radius 3 is 2.79 bits per heavy atom. The first-order chi connectivity index (χ1) is 9.29. The normalized spacial score (nSPS) is 18.4. The van der Waals surface area contributed by atoms with E-state index in [-0.39, 0.29) is 11.9 Å². The van der Waals surface area contributed by atoms with Gasteiger partial charge in [-0.1, -0.05) is 31.4 Å². The Bertz CT molecular complexity index is 377. The van der Waals surface area contributed by atoms with E-state index in [2.05, 4.69) is 5.32 Å². The molecule has 1 aliphatic rings. The van der Waals surface area contributed by atoms with Crippen molar-refractivity contribution < 1.29 is 9.13 Å². The first-order valence-electron chi connectivity index (χ1n) is 7.31. The number of halogens is 1. The van der Waals surface area contributed by atoms with Crippen LogP contribution in [0.4, 0.5) is 4.39 Å². The number of hydrogen-bond acceptors (Lipinski definition) is 2. The average Bonchev–Trinajstić information content (AvgIpc) is 2.44. The van der Waals surface area contributed by atoms with Crippen LogP contribution in [-0.2, 0) is 4.74 Å². The molecule has 0 aromatic heterocycles. The van der Waals surface area contributed by atoms with Gasteiger partial charge in [-0.05, 0) is 43.5 Å². The maximum atomic E-state index is 13.3. The molecule has 1 aromatic carbocycles. The highest BCUT2D eigenvalue weighted by Crippen LogP contribution is 2.26. The monoisotopic (exact) mass is 265 g/mol. The molecule has 2 nitrogen and oxygen atoms in total. The molecule has 0 spiro atoms. The molecule has 1 unspecified atom stereocenters. The fourth-order valence-electron chi connectivity index (χ4n) is 2.77. The molecule has 2 rings (SSSR count). The van der Waals surface area contributed by atoms with Crippen molar-refractivity contribution in [3.63, 3.8) is 0 Å². The second kappa shape index (κ2) is 7.61. The Balaban J connectivity index is 1.91. The second-order valence-corrected chi connectivity index (χ2v) is 5.44. The van der Waals surface area contributed by atoms with Crippen LogP contribution in [0.2, 0.25) is 0 Å². The van der Waals surface area contributed by atoms with Crippen LogP contribution in [0.15, 0.2) is 24.3 Å². The van der Waals surface area contributed by atoms with E-state index >= 15 is 0 Å². The predicted molar refractivity (Wildman–Crippen MR) is 75.6 cm³/mol. The Morgan fingerprint density at radius 1 is 1.32 bits per heavy atom. The van der Waals surface area contributed by atoms with Crippen molar-refractivity contribution in [2.45, 2.75) is 38.2 Å². The molecule has 1 aromatic rings. The molecule has 0 aliphatic heterocycles. The molecular formula is C16H24FNO. The largest absolute Gasteiger partial charge is 0.372 e. The molecule has 0 radical (unpaired) electrons. The summed E-state index contributed by atoms with van der Waals surface area (Å²) >= 11 is 0. The molecule has 1 saturated carbocycles. The summed E-state index contributed by atoms with van der Waals surface area (Å²) in [6.07, 6.45) is 6.50. The second-order valence-electron chi connectivity index (χ2n) is 5.44. The minimum absolute atomic E-state index is 0.0531. The van der Waals surface area contributed by atoms with Crippen molar-refractivity contribution in [3.05, 3.63) is 35.6 Å². The van der Waals surface area contributed by atoms with Crippen LogP contribution in [0, 0.1) is 11.7 Å². The molecule has 0 bridgehead atoms. The summed E-state index contributed by atoms with van der Waals surface area (Å²) in [7, 11) is 1.90. The zero-order valence-corrected chi connectivity index (χ0v) is 11.7. The van der Waals surface area contributed by atoms with Gasteiger partial charge >= 0.3 is 0 Å². The van der Waals surface area contributed by atoms with Gasteiger partial charge in [-0.25, -0.2) is 4.39 Å². The fraction of sp³-hybridized carbons (Fsp3) is 0.625. The minimum Gasteiger partial charge on any atom is -0.372 e. The van der Waals surface area contributed by atoms with Gasteiger partial charge in [0.2, 0.25) is 0 Å². The maximum Gasteiger partial charge on any atom is 0.123 e. The molecule has 3 heteroatoms. The Kier molecular flexibility index (Phi) is 5.80.